The maximum Gasteiger partial charge on any atom is 0.0589 e. The van der Waals surface area contributed by atoms with E-state index in [0.717, 1.165) is 32.7 Å². The van der Waals surface area contributed by atoms with E-state index in [1.165, 1.54) is 17.5 Å². The van der Waals surface area contributed by atoms with E-state index in [-0.39, 0.29) is 0 Å². The number of nitrogens with one attached hydrogen (secondary N) is 1. The van der Waals surface area contributed by atoms with E-state index in [9.17, 15) is 0 Å². The first kappa shape index (κ1) is 15.5. The zero-order chi connectivity index (χ0) is 14.4. The van der Waals surface area contributed by atoms with Crippen molar-refractivity contribution in [3.05, 3.63) is 35.4 Å². The van der Waals surface area contributed by atoms with Crippen LogP contribution in [0.3, 0.4) is 0 Å². The van der Waals surface area contributed by atoms with Gasteiger partial charge in [-0.05, 0) is 37.4 Å². The van der Waals surface area contributed by atoms with Crippen LogP contribution in [0.2, 0.25) is 0 Å². The average molecular weight is 276 g/mol. The zero-order valence-electron chi connectivity index (χ0n) is 13.1. The van der Waals surface area contributed by atoms with Crippen molar-refractivity contribution in [1.29, 1.82) is 0 Å². The number of ether oxygens (including phenoxy) is 1. The van der Waals surface area contributed by atoms with Crippen LogP contribution < -0.4 is 5.32 Å². The summed E-state index contributed by atoms with van der Waals surface area (Å²) in [6.45, 7) is 8.53. The van der Waals surface area contributed by atoms with Crippen molar-refractivity contribution in [3.63, 3.8) is 0 Å². The summed E-state index contributed by atoms with van der Waals surface area (Å²) in [7, 11) is 1.78. The first-order chi connectivity index (χ1) is 9.76. The minimum Gasteiger partial charge on any atom is -0.383 e. The molecule has 0 fully saturated rings. The fourth-order valence-corrected chi connectivity index (χ4v) is 2.95. The second-order valence-electron chi connectivity index (χ2n) is 5.70. The third kappa shape index (κ3) is 3.81. The number of fused-ring (bicyclic) bond motifs is 1. The molecule has 1 aliphatic rings. The molecule has 1 N–H and O–H groups in total. The molecule has 2 rings (SSSR count). The highest BCUT2D eigenvalue weighted by Crippen LogP contribution is 2.24. The molecule has 2 atom stereocenters. The summed E-state index contributed by atoms with van der Waals surface area (Å²) < 4.78 is 5.26. The Morgan fingerprint density at radius 3 is 2.95 bits per heavy atom. The lowest BCUT2D eigenvalue weighted by molar-refractivity contribution is 0.113. The second-order valence-corrected chi connectivity index (χ2v) is 5.70. The van der Waals surface area contributed by atoms with Gasteiger partial charge in [0.25, 0.3) is 0 Å². The highest BCUT2D eigenvalue weighted by molar-refractivity contribution is 5.32. The van der Waals surface area contributed by atoms with E-state index in [2.05, 4.69) is 48.3 Å². The standard InChI is InChI=1S/C17H28N2O/c1-4-14(2)19(11-12-20-3)13-17-16-8-6-5-7-15(16)9-10-18-17/h5-8,14,17-18H,4,9-13H2,1-3H3. The van der Waals surface area contributed by atoms with Crippen LogP contribution in [0.1, 0.15) is 37.4 Å². The molecule has 1 aliphatic heterocycles. The van der Waals surface area contributed by atoms with Gasteiger partial charge in [0, 0.05) is 32.3 Å². The quantitative estimate of drug-likeness (QED) is 0.828. The van der Waals surface area contributed by atoms with Gasteiger partial charge in [-0.15, -0.1) is 0 Å². The van der Waals surface area contributed by atoms with Crippen LogP contribution in [-0.2, 0) is 11.2 Å². The van der Waals surface area contributed by atoms with Crippen LogP contribution in [0.25, 0.3) is 0 Å². The predicted octanol–water partition coefficient (Wildman–Crippen LogP) is 2.62. The van der Waals surface area contributed by atoms with Crippen LogP contribution in [0.4, 0.5) is 0 Å². The molecule has 1 aromatic carbocycles. The Labute approximate surface area is 123 Å². The summed E-state index contributed by atoms with van der Waals surface area (Å²) in [5.41, 5.74) is 2.98. The smallest absolute Gasteiger partial charge is 0.0589 e. The Bertz CT molecular complexity index is 408. The minimum atomic E-state index is 0.450. The van der Waals surface area contributed by atoms with Gasteiger partial charge in [-0.3, -0.25) is 4.90 Å². The third-order valence-electron chi connectivity index (χ3n) is 4.43. The van der Waals surface area contributed by atoms with Crippen molar-refractivity contribution in [3.8, 4) is 0 Å². The van der Waals surface area contributed by atoms with Gasteiger partial charge in [0.15, 0.2) is 0 Å². The van der Waals surface area contributed by atoms with Crippen molar-refractivity contribution in [2.45, 2.75) is 38.8 Å². The molecular formula is C17H28N2O. The molecule has 1 heterocycles. The SMILES string of the molecule is CCC(C)N(CCOC)CC1NCCc2ccccc21. The van der Waals surface area contributed by atoms with Crippen molar-refractivity contribution in [2.75, 3.05) is 33.4 Å². The molecule has 0 radical (unpaired) electrons. The van der Waals surface area contributed by atoms with Gasteiger partial charge in [-0.1, -0.05) is 31.2 Å². The highest BCUT2D eigenvalue weighted by Gasteiger charge is 2.23. The Balaban J connectivity index is 2.07. The number of hydrogen-bond donors (Lipinski definition) is 1. The third-order valence-corrected chi connectivity index (χ3v) is 4.43. The van der Waals surface area contributed by atoms with E-state index in [0.29, 0.717) is 12.1 Å². The zero-order valence-corrected chi connectivity index (χ0v) is 13.1. The van der Waals surface area contributed by atoms with Crippen LogP contribution >= 0.6 is 0 Å². The van der Waals surface area contributed by atoms with Gasteiger partial charge >= 0.3 is 0 Å². The van der Waals surface area contributed by atoms with E-state index in [1.807, 2.05) is 0 Å². The van der Waals surface area contributed by atoms with E-state index >= 15 is 0 Å². The van der Waals surface area contributed by atoms with Crippen molar-refractivity contribution < 1.29 is 4.74 Å². The summed E-state index contributed by atoms with van der Waals surface area (Å²) in [5, 5.41) is 3.68. The monoisotopic (exact) mass is 276 g/mol. The van der Waals surface area contributed by atoms with Crippen LogP contribution in [0.15, 0.2) is 24.3 Å². The van der Waals surface area contributed by atoms with Gasteiger partial charge in [0.2, 0.25) is 0 Å². The number of rotatable bonds is 7. The molecule has 3 heteroatoms. The molecule has 0 spiro atoms. The normalized spacial score (nSPS) is 19.9. The Morgan fingerprint density at radius 2 is 2.20 bits per heavy atom. The molecule has 20 heavy (non-hydrogen) atoms. The summed E-state index contributed by atoms with van der Waals surface area (Å²) >= 11 is 0. The Hall–Kier alpha value is -0.900. The number of benzene rings is 1. The van der Waals surface area contributed by atoms with Gasteiger partial charge in [0.05, 0.1) is 6.61 Å². The summed E-state index contributed by atoms with van der Waals surface area (Å²) in [6.07, 6.45) is 2.33. The maximum atomic E-state index is 5.26. The first-order valence-electron chi connectivity index (χ1n) is 7.80. The molecular weight excluding hydrogens is 248 g/mol. The average Bonchev–Trinajstić information content (AvgIpc) is 2.50. The molecule has 0 aliphatic carbocycles. The fraction of sp³-hybridized carbons (Fsp3) is 0.647. The second kappa shape index (κ2) is 7.77. The summed E-state index contributed by atoms with van der Waals surface area (Å²) in [6, 6.07) is 9.90. The van der Waals surface area contributed by atoms with Gasteiger partial charge in [-0.2, -0.15) is 0 Å². The molecule has 0 saturated heterocycles. The molecule has 0 aromatic heterocycles. The lowest BCUT2D eigenvalue weighted by Gasteiger charge is -2.35. The van der Waals surface area contributed by atoms with Crippen LogP contribution in [0, 0.1) is 0 Å². The molecule has 112 valence electrons. The molecule has 0 saturated carbocycles. The maximum absolute atomic E-state index is 5.26. The van der Waals surface area contributed by atoms with E-state index < -0.39 is 0 Å². The minimum absolute atomic E-state index is 0.450. The van der Waals surface area contributed by atoms with Gasteiger partial charge in [-0.25, -0.2) is 0 Å². The van der Waals surface area contributed by atoms with Crippen LogP contribution in [0.5, 0.6) is 0 Å². The van der Waals surface area contributed by atoms with E-state index in [4.69, 9.17) is 4.74 Å². The lowest BCUT2D eigenvalue weighted by atomic mass is 9.94. The van der Waals surface area contributed by atoms with Crippen LogP contribution in [-0.4, -0.2) is 44.3 Å². The van der Waals surface area contributed by atoms with Crippen molar-refractivity contribution >= 4 is 0 Å². The predicted molar refractivity (Wildman–Crippen MR) is 84.1 cm³/mol. The summed E-state index contributed by atoms with van der Waals surface area (Å²) in [4.78, 5) is 2.54. The van der Waals surface area contributed by atoms with E-state index in [1.54, 1.807) is 7.11 Å². The number of methoxy groups -OCH3 is 1. The number of nitrogens with zero attached hydrogens (tertiary/aromatic N) is 1. The molecule has 0 amide bonds. The Morgan fingerprint density at radius 1 is 1.40 bits per heavy atom. The molecule has 3 nitrogen and oxygen atoms in total. The summed E-state index contributed by atoms with van der Waals surface area (Å²) in [5.74, 6) is 0. The molecule has 1 aromatic rings. The Kier molecular flexibility index (Phi) is 6.02. The van der Waals surface area contributed by atoms with Crippen molar-refractivity contribution in [2.24, 2.45) is 0 Å². The lowest BCUT2D eigenvalue weighted by Crippen LogP contribution is -2.43. The molecule has 2 unspecified atom stereocenters. The highest BCUT2D eigenvalue weighted by atomic mass is 16.5. The van der Waals surface area contributed by atoms with Gasteiger partial charge in [0.1, 0.15) is 0 Å². The van der Waals surface area contributed by atoms with Gasteiger partial charge < -0.3 is 10.1 Å². The topological polar surface area (TPSA) is 24.5 Å². The fourth-order valence-electron chi connectivity index (χ4n) is 2.95. The van der Waals surface area contributed by atoms with Crippen molar-refractivity contribution in [1.82, 2.24) is 10.2 Å². The largest absolute Gasteiger partial charge is 0.383 e. The first-order valence-corrected chi connectivity index (χ1v) is 7.80. The molecule has 0 bridgehead atoms. The number of hydrogen-bond acceptors (Lipinski definition) is 3.